The van der Waals surface area contributed by atoms with Crippen LogP contribution in [-0.2, 0) is 6.54 Å². The molecule has 0 saturated heterocycles. The van der Waals surface area contributed by atoms with E-state index in [1.165, 1.54) is 0 Å². The van der Waals surface area contributed by atoms with Gasteiger partial charge in [0.05, 0.1) is 20.8 Å². The summed E-state index contributed by atoms with van der Waals surface area (Å²) >= 11 is 0. The molecule has 2 aromatic rings. The zero-order chi connectivity index (χ0) is 15.9. The van der Waals surface area contributed by atoms with E-state index in [0.717, 1.165) is 11.4 Å². The van der Waals surface area contributed by atoms with E-state index in [4.69, 9.17) is 15.2 Å². The van der Waals surface area contributed by atoms with Crippen molar-refractivity contribution in [1.82, 2.24) is 0 Å². The monoisotopic (exact) mass is 429 g/mol. The number of aliphatic imine (C=N–C) groups is 1. The first-order valence-corrected chi connectivity index (χ1v) is 6.69. The number of phenolic OH excluding ortho intramolecular Hbond substituents is 1. The van der Waals surface area contributed by atoms with E-state index in [1.807, 2.05) is 24.3 Å². The largest absolute Gasteiger partial charge is 0.508 e. The van der Waals surface area contributed by atoms with Crippen LogP contribution in [0.1, 0.15) is 5.56 Å². The molecule has 0 aliphatic rings. The molecule has 0 aliphatic carbocycles. The number of methoxy groups -OCH3 is 2. The molecular weight excluding hydrogens is 409 g/mol. The zero-order valence-electron chi connectivity index (χ0n) is 12.9. The van der Waals surface area contributed by atoms with Crippen molar-refractivity contribution < 1.29 is 14.6 Å². The van der Waals surface area contributed by atoms with Crippen LogP contribution in [0.25, 0.3) is 0 Å². The van der Waals surface area contributed by atoms with Gasteiger partial charge in [-0.05, 0) is 30.3 Å². The number of phenols is 1. The fraction of sp³-hybridized carbons (Fsp3) is 0.188. The Labute approximate surface area is 152 Å². The average molecular weight is 429 g/mol. The van der Waals surface area contributed by atoms with E-state index in [2.05, 4.69) is 10.3 Å². The SMILES string of the molecule is COc1cccc(NC(N)=NCc2cc(OC)ccc2O)c1.I. The van der Waals surface area contributed by atoms with Crippen LogP contribution in [0.5, 0.6) is 17.2 Å². The predicted molar refractivity (Wildman–Crippen MR) is 102 cm³/mol. The summed E-state index contributed by atoms with van der Waals surface area (Å²) in [6.45, 7) is 0.242. The highest BCUT2D eigenvalue weighted by Crippen LogP contribution is 2.23. The second-order valence-electron chi connectivity index (χ2n) is 4.55. The summed E-state index contributed by atoms with van der Waals surface area (Å²) in [4.78, 5) is 4.21. The molecule has 2 aromatic carbocycles. The molecule has 0 aliphatic heterocycles. The average Bonchev–Trinajstić information content (AvgIpc) is 2.54. The van der Waals surface area contributed by atoms with Gasteiger partial charge in [-0.25, -0.2) is 4.99 Å². The van der Waals surface area contributed by atoms with Crippen molar-refractivity contribution in [3.05, 3.63) is 48.0 Å². The third kappa shape index (κ3) is 5.51. The van der Waals surface area contributed by atoms with Gasteiger partial charge in [-0.15, -0.1) is 24.0 Å². The van der Waals surface area contributed by atoms with Crippen molar-refractivity contribution in [3.8, 4) is 17.2 Å². The quantitative estimate of drug-likeness (QED) is 0.387. The summed E-state index contributed by atoms with van der Waals surface area (Å²) in [5.41, 5.74) is 7.26. The van der Waals surface area contributed by atoms with Crippen LogP contribution in [0.4, 0.5) is 5.69 Å². The Morgan fingerprint density at radius 3 is 2.52 bits per heavy atom. The van der Waals surface area contributed by atoms with Crippen LogP contribution in [0.15, 0.2) is 47.5 Å². The first-order chi connectivity index (χ1) is 10.6. The van der Waals surface area contributed by atoms with Crippen molar-refractivity contribution in [2.45, 2.75) is 6.54 Å². The summed E-state index contributed by atoms with van der Waals surface area (Å²) in [6.07, 6.45) is 0. The van der Waals surface area contributed by atoms with E-state index in [9.17, 15) is 5.11 Å². The third-order valence-corrected chi connectivity index (χ3v) is 3.05. The highest BCUT2D eigenvalue weighted by Gasteiger charge is 2.03. The Morgan fingerprint density at radius 1 is 1.13 bits per heavy atom. The number of hydrogen-bond acceptors (Lipinski definition) is 4. The van der Waals surface area contributed by atoms with E-state index >= 15 is 0 Å². The minimum atomic E-state index is 0. The second-order valence-corrected chi connectivity index (χ2v) is 4.55. The van der Waals surface area contributed by atoms with Crippen LogP contribution >= 0.6 is 24.0 Å². The zero-order valence-corrected chi connectivity index (χ0v) is 15.3. The topological polar surface area (TPSA) is 89.1 Å². The fourth-order valence-electron chi connectivity index (χ4n) is 1.87. The number of anilines is 1. The Hall–Kier alpha value is -2.16. The number of ether oxygens (including phenoxy) is 2. The second kappa shape index (κ2) is 9.09. The lowest BCUT2D eigenvalue weighted by Gasteiger charge is -2.08. The standard InChI is InChI=1S/C16H19N3O3.HI/c1-21-13-5-3-4-12(9-13)19-16(17)18-10-11-8-14(22-2)6-7-15(11)20;/h3-9,20H,10H2,1-2H3,(H3,17,18,19);1H. The molecule has 6 nitrogen and oxygen atoms in total. The first-order valence-electron chi connectivity index (χ1n) is 6.69. The van der Waals surface area contributed by atoms with Crippen molar-refractivity contribution in [2.24, 2.45) is 10.7 Å². The molecule has 0 saturated carbocycles. The molecule has 0 amide bonds. The molecule has 0 aromatic heterocycles. The molecular formula is C16H20IN3O3. The van der Waals surface area contributed by atoms with E-state index in [-0.39, 0.29) is 42.2 Å². The number of guanidine groups is 1. The first kappa shape index (κ1) is 18.9. The van der Waals surface area contributed by atoms with Gasteiger partial charge < -0.3 is 25.6 Å². The van der Waals surface area contributed by atoms with Gasteiger partial charge in [-0.2, -0.15) is 0 Å². The van der Waals surface area contributed by atoms with Gasteiger partial charge in [0.2, 0.25) is 0 Å². The van der Waals surface area contributed by atoms with Gasteiger partial charge in [0, 0.05) is 17.3 Å². The number of nitrogens with zero attached hydrogens (tertiary/aromatic N) is 1. The summed E-state index contributed by atoms with van der Waals surface area (Å²) in [5.74, 6) is 1.78. The fourth-order valence-corrected chi connectivity index (χ4v) is 1.87. The Balaban J connectivity index is 0.00000264. The summed E-state index contributed by atoms with van der Waals surface area (Å²) in [6, 6.07) is 12.3. The lowest BCUT2D eigenvalue weighted by atomic mass is 10.2. The summed E-state index contributed by atoms with van der Waals surface area (Å²) < 4.78 is 10.3. The van der Waals surface area contributed by atoms with Crippen LogP contribution in [0, 0.1) is 0 Å². The van der Waals surface area contributed by atoms with E-state index in [1.54, 1.807) is 32.4 Å². The molecule has 0 spiro atoms. The lowest BCUT2D eigenvalue weighted by molar-refractivity contribution is 0.411. The smallest absolute Gasteiger partial charge is 0.193 e. The number of halogens is 1. The molecule has 0 heterocycles. The minimum absolute atomic E-state index is 0. The summed E-state index contributed by atoms with van der Waals surface area (Å²) in [5, 5.41) is 12.8. The van der Waals surface area contributed by atoms with Crippen LogP contribution in [-0.4, -0.2) is 25.3 Å². The Bertz CT molecular complexity index is 677. The number of benzene rings is 2. The molecule has 0 radical (unpaired) electrons. The van der Waals surface area contributed by atoms with Gasteiger partial charge in [0.15, 0.2) is 5.96 Å². The highest BCUT2D eigenvalue weighted by atomic mass is 127. The molecule has 0 unspecified atom stereocenters. The number of rotatable bonds is 5. The lowest BCUT2D eigenvalue weighted by Crippen LogP contribution is -2.22. The molecule has 0 fully saturated rings. The predicted octanol–water partition coefficient (Wildman–Crippen LogP) is 2.95. The minimum Gasteiger partial charge on any atom is -0.508 e. The highest BCUT2D eigenvalue weighted by molar-refractivity contribution is 14.0. The molecule has 4 N–H and O–H groups in total. The van der Waals surface area contributed by atoms with Gasteiger partial charge >= 0.3 is 0 Å². The molecule has 0 bridgehead atoms. The molecule has 2 rings (SSSR count). The van der Waals surface area contributed by atoms with Crippen LogP contribution in [0.3, 0.4) is 0 Å². The normalized spacial score (nSPS) is 10.6. The van der Waals surface area contributed by atoms with Crippen molar-refractivity contribution in [3.63, 3.8) is 0 Å². The Morgan fingerprint density at radius 2 is 1.83 bits per heavy atom. The summed E-state index contributed by atoms with van der Waals surface area (Å²) in [7, 11) is 3.17. The van der Waals surface area contributed by atoms with Crippen LogP contribution in [0.2, 0.25) is 0 Å². The number of nitrogens with one attached hydrogen (secondary N) is 1. The maximum absolute atomic E-state index is 9.80. The van der Waals surface area contributed by atoms with Gasteiger partial charge in [0.1, 0.15) is 17.2 Å². The number of aromatic hydroxyl groups is 1. The van der Waals surface area contributed by atoms with Crippen molar-refractivity contribution in [1.29, 1.82) is 0 Å². The molecule has 7 heteroatoms. The Kier molecular flexibility index (Phi) is 7.46. The van der Waals surface area contributed by atoms with Crippen LogP contribution < -0.4 is 20.5 Å². The van der Waals surface area contributed by atoms with E-state index in [0.29, 0.717) is 11.3 Å². The van der Waals surface area contributed by atoms with E-state index < -0.39 is 0 Å². The molecule has 124 valence electrons. The van der Waals surface area contributed by atoms with Gasteiger partial charge in [-0.1, -0.05) is 6.07 Å². The van der Waals surface area contributed by atoms with Gasteiger partial charge in [0.25, 0.3) is 0 Å². The third-order valence-electron chi connectivity index (χ3n) is 3.05. The van der Waals surface area contributed by atoms with Gasteiger partial charge in [-0.3, -0.25) is 0 Å². The number of hydrogen-bond donors (Lipinski definition) is 3. The maximum atomic E-state index is 9.80. The van der Waals surface area contributed by atoms with Crippen molar-refractivity contribution in [2.75, 3.05) is 19.5 Å². The van der Waals surface area contributed by atoms with Crippen molar-refractivity contribution >= 4 is 35.6 Å². The molecule has 23 heavy (non-hydrogen) atoms. The molecule has 0 atom stereocenters. The maximum Gasteiger partial charge on any atom is 0.193 e. The number of nitrogens with two attached hydrogens (primary N) is 1.